The van der Waals surface area contributed by atoms with Gasteiger partial charge in [0.15, 0.2) is 0 Å². The maximum Gasteiger partial charge on any atom is 0.347 e. The third kappa shape index (κ3) is 2.29. The van der Waals surface area contributed by atoms with Gasteiger partial charge >= 0.3 is 5.63 Å². The lowest BCUT2D eigenvalue weighted by molar-refractivity contribution is 0.556. The number of fused-ring (bicyclic) bond motifs is 4. The summed E-state index contributed by atoms with van der Waals surface area (Å²) in [6.45, 7) is 0. The molecule has 0 unspecified atom stereocenters. The molecule has 0 saturated heterocycles. The smallest absolute Gasteiger partial charge is 0.347 e. The molecule has 0 aliphatic heterocycles. The summed E-state index contributed by atoms with van der Waals surface area (Å²) in [6.07, 6.45) is 0. The van der Waals surface area contributed by atoms with Gasteiger partial charge in [-0.1, -0.05) is 52.3 Å². The summed E-state index contributed by atoms with van der Waals surface area (Å²) in [7, 11) is 0. The number of halogens is 1. The molecule has 3 nitrogen and oxygen atoms in total. The van der Waals surface area contributed by atoms with Crippen LogP contribution in [0.5, 0.6) is 0 Å². The molecule has 4 heteroatoms. The second-order valence-corrected chi connectivity index (χ2v) is 6.86. The molecule has 5 rings (SSSR count). The normalized spacial score (nSPS) is 11.6. The van der Waals surface area contributed by atoms with E-state index in [0.29, 0.717) is 16.9 Å². The van der Waals surface area contributed by atoms with E-state index in [1.807, 2.05) is 54.6 Å². The van der Waals surface area contributed by atoms with E-state index in [4.69, 9.17) is 8.83 Å². The van der Waals surface area contributed by atoms with Crippen molar-refractivity contribution in [3.05, 3.63) is 81.6 Å². The Hall–Kier alpha value is -2.85. The van der Waals surface area contributed by atoms with Crippen LogP contribution < -0.4 is 5.63 Å². The molecule has 120 valence electrons. The monoisotopic (exact) mass is 390 g/mol. The Labute approximate surface area is 150 Å². The molecule has 5 aromatic rings. The van der Waals surface area contributed by atoms with E-state index in [1.165, 1.54) is 0 Å². The van der Waals surface area contributed by atoms with Gasteiger partial charge in [0.2, 0.25) is 0 Å². The average molecular weight is 391 g/mol. The highest BCUT2D eigenvalue weighted by molar-refractivity contribution is 9.10. The molecule has 0 atom stereocenters. The molecule has 0 fully saturated rings. The highest BCUT2D eigenvalue weighted by Crippen LogP contribution is 2.32. The van der Waals surface area contributed by atoms with Gasteiger partial charge in [0.25, 0.3) is 0 Å². The standard InChI is InChI=1S/C21H11BrO3/c22-15-7-8-18-14(9-15)10-17(21(23)25-18)19-11-13-6-5-12-3-1-2-4-16(12)20(13)24-19/h1-11H. The van der Waals surface area contributed by atoms with Crippen LogP contribution in [-0.2, 0) is 0 Å². The van der Waals surface area contributed by atoms with Crippen molar-refractivity contribution in [1.29, 1.82) is 0 Å². The van der Waals surface area contributed by atoms with Crippen molar-refractivity contribution in [2.24, 2.45) is 0 Å². The fraction of sp³-hybridized carbons (Fsp3) is 0. The fourth-order valence-electron chi connectivity index (χ4n) is 3.17. The van der Waals surface area contributed by atoms with Gasteiger partial charge in [0.05, 0.1) is 0 Å². The number of furan rings is 1. The predicted molar refractivity (Wildman–Crippen MR) is 103 cm³/mol. The number of rotatable bonds is 1. The Kier molecular flexibility index (Phi) is 3.09. The van der Waals surface area contributed by atoms with Crippen molar-refractivity contribution in [3.63, 3.8) is 0 Å². The van der Waals surface area contributed by atoms with Crippen LogP contribution >= 0.6 is 15.9 Å². The highest BCUT2D eigenvalue weighted by Gasteiger charge is 2.14. The number of benzene rings is 3. The Morgan fingerprint density at radius 2 is 1.60 bits per heavy atom. The van der Waals surface area contributed by atoms with E-state index in [1.54, 1.807) is 6.07 Å². The van der Waals surface area contributed by atoms with E-state index in [-0.39, 0.29) is 0 Å². The van der Waals surface area contributed by atoms with Crippen LogP contribution in [0.25, 0.3) is 44.0 Å². The first kappa shape index (κ1) is 14.5. The van der Waals surface area contributed by atoms with Crippen LogP contribution in [-0.4, -0.2) is 0 Å². The van der Waals surface area contributed by atoms with Crippen LogP contribution in [0.4, 0.5) is 0 Å². The van der Waals surface area contributed by atoms with Gasteiger partial charge in [0.1, 0.15) is 22.5 Å². The maximum atomic E-state index is 12.4. The molecule has 0 aliphatic rings. The number of hydrogen-bond donors (Lipinski definition) is 0. The second-order valence-electron chi connectivity index (χ2n) is 5.95. The predicted octanol–water partition coefficient (Wildman–Crippen LogP) is 6.12. The molecule has 0 N–H and O–H groups in total. The van der Waals surface area contributed by atoms with Crippen molar-refractivity contribution < 1.29 is 8.83 Å². The summed E-state index contributed by atoms with van der Waals surface area (Å²) < 4.78 is 12.4. The van der Waals surface area contributed by atoms with Gasteiger partial charge in [0, 0.05) is 20.6 Å². The summed E-state index contributed by atoms with van der Waals surface area (Å²) in [5.74, 6) is 0.516. The summed E-state index contributed by atoms with van der Waals surface area (Å²) in [5, 5.41) is 3.93. The molecule has 0 radical (unpaired) electrons. The van der Waals surface area contributed by atoms with E-state index in [9.17, 15) is 4.79 Å². The third-order valence-electron chi connectivity index (χ3n) is 4.37. The lowest BCUT2D eigenvalue weighted by Gasteiger charge is -2.00. The first-order valence-electron chi connectivity index (χ1n) is 7.84. The van der Waals surface area contributed by atoms with Crippen molar-refractivity contribution >= 4 is 48.6 Å². The topological polar surface area (TPSA) is 43.4 Å². The van der Waals surface area contributed by atoms with E-state index in [0.717, 1.165) is 31.6 Å². The average Bonchev–Trinajstić information content (AvgIpc) is 3.06. The summed E-state index contributed by atoms with van der Waals surface area (Å²) in [4.78, 5) is 12.4. The van der Waals surface area contributed by atoms with E-state index >= 15 is 0 Å². The lowest BCUT2D eigenvalue weighted by atomic mass is 10.1. The molecular formula is C21H11BrO3. The van der Waals surface area contributed by atoms with Crippen molar-refractivity contribution in [2.45, 2.75) is 0 Å². The van der Waals surface area contributed by atoms with Gasteiger partial charge < -0.3 is 8.83 Å². The highest BCUT2D eigenvalue weighted by atomic mass is 79.9. The first-order chi connectivity index (χ1) is 12.2. The zero-order chi connectivity index (χ0) is 17.0. The zero-order valence-corrected chi connectivity index (χ0v) is 14.5. The number of hydrogen-bond acceptors (Lipinski definition) is 3. The lowest BCUT2D eigenvalue weighted by Crippen LogP contribution is -2.01. The summed E-state index contributed by atoms with van der Waals surface area (Å²) in [6, 6.07) is 21.3. The fourth-order valence-corrected chi connectivity index (χ4v) is 3.55. The molecule has 0 aliphatic carbocycles. The van der Waals surface area contributed by atoms with Crippen LogP contribution in [0.15, 0.2) is 84.8 Å². The molecule has 0 bridgehead atoms. The maximum absolute atomic E-state index is 12.4. The molecule has 3 aromatic carbocycles. The minimum atomic E-state index is -0.404. The summed E-state index contributed by atoms with van der Waals surface area (Å²) in [5.41, 5.74) is 1.35. The first-order valence-corrected chi connectivity index (χ1v) is 8.63. The SMILES string of the molecule is O=c1oc2ccc(Br)cc2cc1-c1cc2ccc3ccccc3c2o1. The second kappa shape index (κ2) is 5.33. The van der Waals surface area contributed by atoms with Crippen molar-refractivity contribution in [3.8, 4) is 11.3 Å². The van der Waals surface area contributed by atoms with Gasteiger partial charge in [-0.05, 0) is 35.7 Å². The van der Waals surface area contributed by atoms with Crippen LogP contribution in [0, 0.1) is 0 Å². The Morgan fingerprint density at radius 3 is 2.52 bits per heavy atom. The molecule has 0 spiro atoms. The van der Waals surface area contributed by atoms with E-state index in [2.05, 4.69) is 22.0 Å². The third-order valence-corrected chi connectivity index (χ3v) is 4.86. The minimum Gasteiger partial charge on any atom is -0.455 e. The Morgan fingerprint density at radius 1 is 0.760 bits per heavy atom. The van der Waals surface area contributed by atoms with Gasteiger partial charge in [-0.2, -0.15) is 0 Å². The molecule has 2 aromatic heterocycles. The summed E-state index contributed by atoms with van der Waals surface area (Å²) >= 11 is 3.44. The quantitative estimate of drug-likeness (QED) is 0.323. The van der Waals surface area contributed by atoms with Crippen LogP contribution in [0.2, 0.25) is 0 Å². The van der Waals surface area contributed by atoms with Crippen LogP contribution in [0.3, 0.4) is 0 Å². The molecule has 2 heterocycles. The molecule has 0 saturated carbocycles. The zero-order valence-electron chi connectivity index (χ0n) is 13.0. The van der Waals surface area contributed by atoms with Crippen molar-refractivity contribution in [1.82, 2.24) is 0 Å². The van der Waals surface area contributed by atoms with Crippen molar-refractivity contribution in [2.75, 3.05) is 0 Å². The Balaban J connectivity index is 1.80. The van der Waals surface area contributed by atoms with Crippen LogP contribution in [0.1, 0.15) is 0 Å². The molecule has 0 amide bonds. The molecule has 25 heavy (non-hydrogen) atoms. The van der Waals surface area contributed by atoms with E-state index < -0.39 is 5.63 Å². The largest absolute Gasteiger partial charge is 0.455 e. The van der Waals surface area contributed by atoms with Gasteiger partial charge in [-0.3, -0.25) is 0 Å². The van der Waals surface area contributed by atoms with Gasteiger partial charge in [-0.15, -0.1) is 0 Å². The van der Waals surface area contributed by atoms with Gasteiger partial charge in [-0.25, -0.2) is 4.79 Å². The molecular weight excluding hydrogens is 380 g/mol. The Bertz CT molecular complexity index is 1330. The minimum absolute atomic E-state index is 0.404.